The molecule has 0 saturated carbocycles. The van der Waals surface area contributed by atoms with Crippen molar-refractivity contribution in [2.24, 2.45) is 0 Å². The molecule has 6 heteroatoms. The maximum Gasteiger partial charge on any atom is 0.336 e. The largest absolute Gasteiger partial charge is 0.467 e. The maximum atomic E-state index is 10.9. The Kier molecular flexibility index (Phi) is 5.27. The van der Waals surface area contributed by atoms with E-state index >= 15 is 0 Å². The molecule has 0 spiro atoms. The minimum Gasteiger partial charge on any atom is -0.467 e. The number of carbonyl (C=O) groups is 1. The molecular formula is C4H7FO4S. The summed E-state index contributed by atoms with van der Waals surface area (Å²) in [5, 5.41) is 0. The van der Waals surface area contributed by atoms with Crippen LogP contribution >= 0.6 is 12.3 Å². The van der Waals surface area contributed by atoms with Crippen molar-refractivity contribution in [3.8, 4) is 0 Å². The Balaban J connectivity index is 3.41. The van der Waals surface area contributed by atoms with E-state index in [4.69, 9.17) is 0 Å². The molecule has 10 heavy (non-hydrogen) atoms. The van der Waals surface area contributed by atoms with Gasteiger partial charge in [-0.1, -0.05) is 4.39 Å². The van der Waals surface area contributed by atoms with Gasteiger partial charge in [-0.15, -0.1) is 0 Å². The molecule has 0 saturated heterocycles. The molecule has 0 radical (unpaired) electrons. The highest BCUT2D eigenvalue weighted by Gasteiger charge is 2.14. The summed E-state index contributed by atoms with van der Waals surface area (Å²) in [6, 6.07) is 0. The second-order valence-corrected chi connectivity index (χ2v) is 1.85. The molecule has 0 aliphatic heterocycles. The van der Waals surface area contributed by atoms with Crippen molar-refractivity contribution >= 4 is 18.3 Å². The van der Waals surface area contributed by atoms with Crippen LogP contribution in [0.2, 0.25) is 0 Å². The van der Waals surface area contributed by atoms with Gasteiger partial charge in [-0.2, -0.15) is 0 Å². The minimum absolute atomic E-state index is 0.0924. The van der Waals surface area contributed by atoms with E-state index in [-0.39, 0.29) is 12.3 Å². The number of rotatable bonds is 4. The Labute approximate surface area is 61.9 Å². The number of carbonyl (C=O) groups excluding carboxylic acids is 1. The first-order valence-electron chi connectivity index (χ1n) is 2.41. The molecule has 0 aliphatic rings. The lowest BCUT2D eigenvalue weighted by Gasteiger charge is -2.04. The van der Waals surface area contributed by atoms with Crippen LogP contribution in [-0.4, -0.2) is 19.2 Å². The summed E-state index contributed by atoms with van der Waals surface area (Å²) >= 11 is 0.0924. The zero-order valence-corrected chi connectivity index (χ0v) is 6.31. The minimum atomic E-state index is -0.828. The summed E-state index contributed by atoms with van der Waals surface area (Å²) in [6.07, 6.45) is -0.828. The number of methoxy groups -OCH3 is 1. The number of ether oxygens (including phenoxy) is 1. The lowest BCUT2D eigenvalue weighted by Crippen LogP contribution is -2.19. The summed E-state index contributed by atoms with van der Waals surface area (Å²) < 4.78 is 22.5. The van der Waals surface area contributed by atoms with Crippen molar-refractivity contribution in [3.63, 3.8) is 0 Å². The SMILES string of the molecule is COC(=O)[C@H](C)OSOF. The fourth-order valence-electron chi connectivity index (χ4n) is 0.279. The van der Waals surface area contributed by atoms with Gasteiger partial charge in [0, 0.05) is 0 Å². The van der Waals surface area contributed by atoms with Gasteiger partial charge in [0.05, 0.1) is 7.11 Å². The van der Waals surface area contributed by atoms with Crippen molar-refractivity contribution in [3.05, 3.63) is 0 Å². The van der Waals surface area contributed by atoms with Gasteiger partial charge in [-0.25, -0.2) is 4.79 Å². The lowest BCUT2D eigenvalue weighted by molar-refractivity contribution is -0.147. The normalized spacial score (nSPS) is 12.7. The molecule has 0 N–H and O–H groups in total. The quantitative estimate of drug-likeness (QED) is 0.465. The van der Waals surface area contributed by atoms with Crippen LogP contribution < -0.4 is 0 Å². The van der Waals surface area contributed by atoms with Crippen LogP contribution in [0.3, 0.4) is 0 Å². The first kappa shape index (κ1) is 9.67. The number of hydrogen-bond donors (Lipinski definition) is 0. The molecule has 0 aromatic carbocycles. The first-order valence-corrected chi connectivity index (χ1v) is 3.07. The predicted octanol–water partition coefficient (Wildman–Crippen LogP) is 1.03. The molecule has 60 valence electrons. The van der Waals surface area contributed by atoms with E-state index in [2.05, 4.69) is 13.3 Å². The van der Waals surface area contributed by atoms with Gasteiger partial charge in [-0.3, -0.25) is 4.18 Å². The third-order valence-electron chi connectivity index (χ3n) is 0.742. The van der Waals surface area contributed by atoms with Crippen molar-refractivity contribution in [2.75, 3.05) is 7.11 Å². The zero-order chi connectivity index (χ0) is 7.98. The second-order valence-electron chi connectivity index (χ2n) is 1.39. The van der Waals surface area contributed by atoms with Crippen molar-refractivity contribution in [1.82, 2.24) is 0 Å². The molecule has 0 aromatic rings. The van der Waals surface area contributed by atoms with E-state index in [0.29, 0.717) is 0 Å². The number of hydrogen-bond acceptors (Lipinski definition) is 5. The van der Waals surface area contributed by atoms with E-state index in [1.165, 1.54) is 14.0 Å². The van der Waals surface area contributed by atoms with E-state index in [1.54, 1.807) is 0 Å². The highest BCUT2D eigenvalue weighted by atomic mass is 32.2. The molecule has 0 heterocycles. The van der Waals surface area contributed by atoms with Crippen LogP contribution in [0.4, 0.5) is 4.53 Å². The van der Waals surface area contributed by atoms with Gasteiger partial charge in [-0.05, 0) is 11.4 Å². The topological polar surface area (TPSA) is 44.8 Å². The van der Waals surface area contributed by atoms with E-state index in [9.17, 15) is 9.32 Å². The highest BCUT2D eigenvalue weighted by Crippen LogP contribution is 2.09. The molecule has 0 fully saturated rings. The zero-order valence-electron chi connectivity index (χ0n) is 5.50. The van der Waals surface area contributed by atoms with Crippen LogP contribution in [-0.2, 0) is 18.1 Å². The van der Waals surface area contributed by atoms with Crippen LogP contribution in [0.5, 0.6) is 0 Å². The predicted molar refractivity (Wildman–Crippen MR) is 32.3 cm³/mol. The van der Waals surface area contributed by atoms with Gasteiger partial charge < -0.3 is 4.74 Å². The molecule has 0 aromatic heterocycles. The summed E-state index contributed by atoms with van der Waals surface area (Å²) in [5.74, 6) is -0.579. The van der Waals surface area contributed by atoms with Gasteiger partial charge in [0.1, 0.15) is 0 Å². The maximum absolute atomic E-state index is 10.9. The third kappa shape index (κ3) is 3.65. The highest BCUT2D eigenvalue weighted by molar-refractivity contribution is 7.89. The van der Waals surface area contributed by atoms with Crippen LogP contribution in [0.25, 0.3) is 0 Å². The fourth-order valence-corrected chi connectivity index (χ4v) is 0.505. The Morgan fingerprint density at radius 2 is 2.30 bits per heavy atom. The van der Waals surface area contributed by atoms with E-state index < -0.39 is 12.1 Å². The average molecular weight is 170 g/mol. The Bertz CT molecular complexity index is 109. The van der Waals surface area contributed by atoms with E-state index in [0.717, 1.165) is 0 Å². The van der Waals surface area contributed by atoms with Crippen LogP contribution in [0, 0.1) is 0 Å². The summed E-state index contributed by atoms with van der Waals surface area (Å²) in [4.78, 5) is 10.5. The molecule has 0 unspecified atom stereocenters. The first-order chi connectivity index (χ1) is 4.72. The summed E-state index contributed by atoms with van der Waals surface area (Å²) in [5.41, 5.74) is 0. The Hall–Kier alpha value is -0.330. The monoisotopic (exact) mass is 170 g/mol. The van der Waals surface area contributed by atoms with Crippen molar-refractivity contribution in [1.29, 1.82) is 0 Å². The molecule has 1 atom stereocenters. The van der Waals surface area contributed by atoms with E-state index in [1.807, 2.05) is 0 Å². The fraction of sp³-hybridized carbons (Fsp3) is 0.750. The standard InChI is InChI=1S/C4H7FO4S/c1-3(4(6)7-2)8-10-9-5/h3H,1-2H3/t3-/m0/s1. The smallest absolute Gasteiger partial charge is 0.336 e. The Morgan fingerprint density at radius 3 is 2.70 bits per heavy atom. The molecule has 0 bridgehead atoms. The summed E-state index contributed by atoms with van der Waals surface area (Å²) in [7, 11) is 1.21. The molecule has 4 nitrogen and oxygen atoms in total. The Morgan fingerprint density at radius 1 is 1.70 bits per heavy atom. The number of halogens is 1. The molecule has 0 aliphatic carbocycles. The third-order valence-corrected chi connectivity index (χ3v) is 1.16. The average Bonchev–Trinajstić information content (AvgIpc) is 1.98. The summed E-state index contributed by atoms with van der Waals surface area (Å²) in [6.45, 7) is 1.41. The second kappa shape index (κ2) is 5.45. The van der Waals surface area contributed by atoms with Gasteiger partial charge in [0.2, 0.25) is 12.3 Å². The van der Waals surface area contributed by atoms with Gasteiger partial charge in [0.25, 0.3) is 0 Å². The van der Waals surface area contributed by atoms with Crippen molar-refractivity contribution in [2.45, 2.75) is 13.0 Å². The molecule has 0 amide bonds. The van der Waals surface area contributed by atoms with Crippen LogP contribution in [0.1, 0.15) is 6.92 Å². The van der Waals surface area contributed by atoms with Gasteiger partial charge >= 0.3 is 5.97 Å². The van der Waals surface area contributed by atoms with Gasteiger partial charge in [0.15, 0.2) is 6.10 Å². The molecular weight excluding hydrogens is 163 g/mol. The lowest BCUT2D eigenvalue weighted by atomic mass is 10.4. The van der Waals surface area contributed by atoms with Crippen molar-refractivity contribution < 1.29 is 22.6 Å². The number of esters is 1. The molecule has 0 rings (SSSR count). The van der Waals surface area contributed by atoms with Crippen LogP contribution in [0.15, 0.2) is 0 Å².